The molecule has 1 aromatic heterocycles. The van der Waals surface area contributed by atoms with Gasteiger partial charge in [-0.1, -0.05) is 35.9 Å². The fraction of sp³-hybridized carbons (Fsp3) is 0.294. The van der Waals surface area contributed by atoms with Crippen molar-refractivity contribution in [1.29, 1.82) is 0 Å². The zero-order chi connectivity index (χ0) is 38.6. The molecule has 1 aliphatic heterocycles. The average molecular weight is 764 g/mol. The summed E-state index contributed by atoms with van der Waals surface area (Å²) in [6, 6.07) is 15.2. The van der Waals surface area contributed by atoms with Crippen molar-refractivity contribution < 1.29 is 62.0 Å². The van der Waals surface area contributed by atoms with E-state index in [1.54, 1.807) is 24.1 Å². The summed E-state index contributed by atoms with van der Waals surface area (Å²) in [5, 5.41) is 0. The van der Waals surface area contributed by atoms with Crippen molar-refractivity contribution in [2.75, 3.05) is 18.5 Å². The summed E-state index contributed by atoms with van der Waals surface area (Å²) in [6.45, 7) is 2.04. The highest BCUT2D eigenvalue weighted by Crippen LogP contribution is 2.41. The van der Waals surface area contributed by atoms with Gasteiger partial charge in [-0.05, 0) is 92.5 Å². The summed E-state index contributed by atoms with van der Waals surface area (Å²) in [7, 11) is -2.43. The van der Waals surface area contributed by atoms with E-state index in [-0.39, 0.29) is 35.5 Å². The minimum atomic E-state index is -4.97. The molecule has 0 spiro atoms. The smallest absolute Gasteiger partial charge is 0.406 e. The molecule has 2 atom stereocenters. The molecule has 0 aliphatic carbocycles. The minimum Gasteiger partial charge on any atom is -0.406 e. The number of carbonyl (C=O) groups excluding carboxylic acids is 1. The minimum absolute atomic E-state index is 0.0666. The van der Waals surface area contributed by atoms with Gasteiger partial charge in [0.25, 0.3) is 10.1 Å². The molecule has 3 aromatic carbocycles. The third kappa shape index (κ3) is 10.7. The molecule has 4 aromatic rings. The van der Waals surface area contributed by atoms with E-state index in [1.807, 2.05) is 6.92 Å². The fourth-order valence-corrected chi connectivity index (χ4v) is 5.81. The molecule has 52 heavy (non-hydrogen) atoms. The molecule has 5 rings (SSSR count). The first-order valence-electron chi connectivity index (χ1n) is 15.2. The molecule has 2 heterocycles. The van der Waals surface area contributed by atoms with E-state index in [0.717, 1.165) is 54.2 Å². The van der Waals surface area contributed by atoms with Gasteiger partial charge in [0.15, 0.2) is 0 Å². The van der Waals surface area contributed by atoms with Gasteiger partial charge in [-0.25, -0.2) is 0 Å². The van der Waals surface area contributed by atoms with Crippen LogP contribution in [-0.2, 0) is 33.7 Å². The summed E-state index contributed by atoms with van der Waals surface area (Å²) in [5.41, 5.74) is -0.183. The first-order valence-corrected chi connectivity index (χ1v) is 16.6. The Kier molecular flexibility index (Phi) is 12.0. The predicted molar refractivity (Wildman–Crippen MR) is 170 cm³/mol. The maximum absolute atomic E-state index is 13.6. The summed E-state index contributed by atoms with van der Waals surface area (Å²) in [6.07, 6.45) is -12.8. The van der Waals surface area contributed by atoms with Crippen molar-refractivity contribution in [2.45, 2.75) is 55.5 Å². The molecule has 8 nitrogen and oxygen atoms in total. The van der Waals surface area contributed by atoms with E-state index in [2.05, 4.69) is 9.72 Å². The number of anilines is 1. The number of aryl methyl sites for hydroxylation is 1. The molecule has 0 radical (unpaired) electrons. The number of hydrogen-bond acceptors (Lipinski definition) is 6. The Morgan fingerprint density at radius 2 is 1.52 bits per heavy atom. The van der Waals surface area contributed by atoms with Crippen molar-refractivity contribution >= 4 is 21.7 Å². The standard InChI is InChI=1S/C27H22F9N3O2.C7H8O3S/c1-38(12-11-16-5-10-23(37-15-16)26(31,32)33)22-14-21(17-3-2-4-20(13-17)41-27(34,35)36)39(24(22)40)19-8-6-18(7-9-19)25(28,29)30;1-6-2-4-7(5-3-6)11(8,9)10/h2-10,13,15,21-22H,11-12,14H2,1H3;2-5H,1H3,(H,8,9,10)/t21-,22-;/m1./s1. The maximum Gasteiger partial charge on any atom is 0.573 e. The number of rotatable bonds is 8. The molecule has 0 unspecified atom stereocenters. The van der Waals surface area contributed by atoms with Gasteiger partial charge >= 0.3 is 18.7 Å². The van der Waals surface area contributed by atoms with Crippen molar-refractivity contribution in [2.24, 2.45) is 0 Å². The van der Waals surface area contributed by atoms with Crippen LogP contribution in [0.2, 0.25) is 0 Å². The van der Waals surface area contributed by atoms with Crippen LogP contribution in [0.1, 0.15) is 40.4 Å². The van der Waals surface area contributed by atoms with Crippen molar-refractivity contribution in [1.82, 2.24) is 9.88 Å². The highest BCUT2D eigenvalue weighted by Gasteiger charge is 2.44. The van der Waals surface area contributed by atoms with E-state index in [4.69, 9.17) is 4.55 Å². The first-order chi connectivity index (χ1) is 24.0. The van der Waals surface area contributed by atoms with Crippen LogP contribution < -0.4 is 9.64 Å². The number of aromatic nitrogens is 1. The third-order valence-corrected chi connectivity index (χ3v) is 8.82. The zero-order valence-electron chi connectivity index (χ0n) is 27.2. The highest BCUT2D eigenvalue weighted by atomic mass is 32.2. The normalized spacial score (nSPS) is 16.9. The summed E-state index contributed by atoms with van der Waals surface area (Å²) >= 11 is 0. The highest BCUT2D eigenvalue weighted by molar-refractivity contribution is 7.85. The van der Waals surface area contributed by atoms with E-state index in [1.165, 1.54) is 35.2 Å². The number of halogens is 9. The van der Waals surface area contributed by atoms with Crippen LogP contribution in [-0.4, -0.2) is 54.8 Å². The van der Waals surface area contributed by atoms with Crippen LogP contribution in [0.3, 0.4) is 0 Å². The lowest BCUT2D eigenvalue weighted by molar-refractivity contribution is -0.274. The topological polar surface area (TPSA) is 100 Å². The van der Waals surface area contributed by atoms with Crippen molar-refractivity contribution in [3.63, 3.8) is 0 Å². The van der Waals surface area contributed by atoms with Gasteiger partial charge < -0.3 is 9.64 Å². The summed E-state index contributed by atoms with van der Waals surface area (Å²) < 4.78 is 150. The van der Waals surface area contributed by atoms with E-state index in [9.17, 15) is 52.7 Å². The van der Waals surface area contributed by atoms with Crippen molar-refractivity contribution in [3.8, 4) is 5.75 Å². The molecular weight excluding hydrogens is 733 g/mol. The molecule has 1 N–H and O–H groups in total. The lowest BCUT2D eigenvalue weighted by Gasteiger charge is -2.26. The average Bonchev–Trinajstić information content (AvgIpc) is 3.39. The Morgan fingerprint density at radius 1 is 0.885 bits per heavy atom. The number of carbonyl (C=O) groups is 1. The maximum atomic E-state index is 13.6. The molecule has 18 heteroatoms. The summed E-state index contributed by atoms with van der Waals surface area (Å²) in [5.74, 6) is -1.04. The SMILES string of the molecule is CN(CCc1ccc(C(F)(F)F)nc1)[C@@H]1C[C@H](c2cccc(OC(F)(F)F)c2)N(c2ccc(C(F)(F)F)cc2)C1=O.Cc1ccc(S(=O)(=O)O)cc1. The summed E-state index contributed by atoms with van der Waals surface area (Å²) in [4.78, 5) is 19.8. The molecule has 280 valence electrons. The number of pyridine rings is 1. The van der Waals surface area contributed by atoms with E-state index < -0.39 is 63.8 Å². The lowest BCUT2D eigenvalue weighted by Crippen LogP contribution is -2.40. The quantitative estimate of drug-likeness (QED) is 0.143. The fourth-order valence-electron chi connectivity index (χ4n) is 5.33. The van der Waals surface area contributed by atoms with Gasteiger partial charge in [-0.2, -0.15) is 34.8 Å². The molecule has 1 fully saturated rings. The van der Waals surface area contributed by atoms with Crippen LogP contribution in [0.25, 0.3) is 0 Å². The molecule has 0 bridgehead atoms. The largest absolute Gasteiger partial charge is 0.573 e. The van der Waals surface area contributed by atoms with Crippen LogP contribution in [0.15, 0.2) is 96.0 Å². The van der Waals surface area contributed by atoms with Gasteiger partial charge in [-0.3, -0.25) is 19.2 Å². The van der Waals surface area contributed by atoms with Crippen LogP contribution >= 0.6 is 0 Å². The van der Waals surface area contributed by atoms with E-state index >= 15 is 0 Å². The number of ether oxygens (including phenoxy) is 1. The molecular formula is C34H30F9N3O5S. The second-order valence-electron chi connectivity index (χ2n) is 11.7. The van der Waals surface area contributed by atoms with Gasteiger partial charge in [0.2, 0.25) is 5.91 Å². The number of nitrogens with zero attached hydrogens (tertiary/aromatic N) is 3. The Balaban J connectivity index is 0.000000470. The molecule has 1 aliphatic rings. The lowest BCUT2D eigenvalue weighted by atomic mass is 10.0. The van der Waals surface area contributed by atoms with Gasteiger partial charge in [-0.15, -0.1) is 13.2 Å². The second-order valence-corrected chi connectivity index (χ2v) is 13.1. The Labute approximate surface area is 292 Å². The molecule has 1 saturated heterocycles. The Hall–Kier alpha value is -4.68. The Bertz CT molecular complexity index is 1930. The molecule has 1 amide bonds. The first kappa shape index (κ1) is 40.1. The van der Waals surface area contributed by atoms with Gasteiger partial charge in [0.1, 0.15) is 11.4 Å². The van der Waals surface area contributed by atoms with Crippen molar-refractivity contribution in [3.05, 3.63) is 119 Å². The number of hydrogen-bond donors (Lipinski definition) is 1. The van der Waals surface area contributed by atoms with Gasteiger partial charge in [0, 0.05) is 18.4 Å². The zero-order valence-corrected chi connectivity index (χ0v) is 28.0. The Morgan fingerprint density at radius 3 is 2.04 bits per heavy atom. The van der Waals surface area contributed by atoms with Crippen LogP contribution in [0.5, 0.6) is 5.75 Å². The third-order valence-electron chi connectivity index (χ3n) is 7.95. The predicted octanol–water partition coefficient (Wildman–Crippen LogP) is 8.28. The monoisotopic (exact) mass is 763 g/mol. The van der Waals surface area contributed by atoms with Crippen LogP contribution in [0.4, 0.5) is 45.2 Å². The number of benzene rings is 3. The number of alkyl halides is 9. The number of likely N-dealkylation sites (N-methyl/N-ethyl adjacent to an activating group) is 1. The number of amides is 1. The van der Waals surface area contributed by atoms with Gasteiger partial charge in [0.05, 0.1) is 22.5 Å². The molecule has 0 saturated carbocycles. The van der Waals surface area contributed by atoms with E-state index in [0.29, 0.717) is 5.56 Å². The second kappa shape index (κ2) is 15.5. The van der Waals surface area contributed by atoms with Crippen LogP contribution in [0, 0.1) is 6.92 Å².